The van der Waals surface area contributed by atoms with Gasteiger partial charge in [0.2, 0.25) is 0 Å². The van der Waals surface area contributed by atoms with Gasteiger partial charge in [-0.15, -0.1) is 0 Å². The summed E-state index contributed by atoms with van der Waals surface area (Å²) in [6.45, 7) is 2.49. The van der Waals surface area contributed by atoms with Gasteiger partial charge in [0.05, 0.1) is 5.56 Å². The van der Waals surface area contributed by atoms with E-state index in [2.05, 4.69) is 0 Å². The van der Waals surface area contributed by atoms with E-state index < -0.39 is 0 Å². The molecule has 0 aliphatic carbocycles. The first-order valence-corrected chi connectivity index (χ1v) is 5.28. The molecule has 2 N–H and O–H groups in total. The van der Waals surface area contributed by atoms with E-state index in [1.54, 1.807) is 0 Å². The maximum absolute atomic E-state index is 11.6. The summed E-state index contributed by atoms with van der Waals surface area (Å²) >= 11 is 0. The molecule has 0 aromatic heterocycles. The lowest BCUT2D eigenvalue weighted by atomic mass is 10.1. The number of ketones is 1. The van der Waals surface area contributed by atoms with Gasteiger partial charge >= 0.3 is 0 Å². The zero-order chi connectivity index (χ0) is 12.0. The molecule has 0 unspecified atom stereocenters. The number of phenolic OH excluding ortho intramolecular Hbond substituents is 2. The molecule has 0 spiro atoms. The Balaban J connectivity index is 2.55. The fourth-order valence-electron chi connectivity index (χ4n) is 1.24. The average Bonchev–Trinajstić information content (AvgIpc) is 2.27. The van der Waals surface area contributed by atoms with E-state index in [4.69, 9.17) is 4.74 Å². The fourth-order valence-corrected chi connectivity index (χ4v) is 1.24. The molecule has 0 amide bonds. The van der Waals surface area contributed by atoms with Crippen LogP contribution in [0.5, 0.6) is 11.5 Å². The molecule has 0 aliphatic heterocycles. The van der Waals surface area contributed by atoms with Crippen LogP contribution in [0.3, 0.4) is 0 Å². The van der Waals surface area contributed by atoms with Crippen molar-refractivity contribution in [1.29, 1.82) is 0 Å². The molecule has 0 atom stereocenters. The molecule has 0 bridgehead atoms. The summed E-state index contributed by atoms with van der Waals surface area (Å²) in [6, 6.07) is 3.85. The summed E-state index contributed by atoms with van der Waals surface area (Å²) in [4.78, 5) is 11.6. The molecule has 0 heterocycles. The van der Waals surface area contributed by atoms with Crippen molar-refractivity contribution in [2.24, 2.45) is 0 Å². The van der Waals surface area contributed by atoms with Crippen LogP contribution < -0.4 is 0 Å². The Morgan fingerprint density at radius 1 is 1.38 bits per heavy atom. The number of unbranched alkanes of at least 4 members (excludes halogenated alkanes) is 1. The Morgan fingerprint density at radius 3 is 2.81 bits per heavy atom. The van der Waals surface area contributed by atoms with Gasteiger partial charge in [0.1, 0.15) is 18.1 Å². The van der Waals surface area contributed by atoms with Crippen molar-refractivity contribution in [2.45, 2.75) is 19.8 Å². The highest BCUT2D eigenvalue weighted by Gasteiger charge is 2.11. The molecule has 1 rings (SSSR count). The van der Waals surface area contributed by atoms with Crippen LogP contribution in [0.15, 0.2) is 18.2 Å². The molecule has 0 saturated heterocycles. The number of hydrogen-bond acceptors (Lipinski definition) is 4. The van der Waals surface area contributed by atoms with Crippen LogP contribution in [0.4, 0.5) is 0 Å². The molecule has 88 valence electrons. The van der Waals surface area contributed by atoms with Crippen LogP contribution in [-0.4, -0.2) is 29.2 Å². The van der Waals surface area contributed by atoms with Gasteiger partial charge in [0.15, 0.2) is 5.78 Å². The standard InChI is InChI=1S/C12H16O4/c1-2-3-6-16-8-12(15)10-7-9(13)4-5-11(10)14/h4-5,7,13-14H,2-3,6,8H2,1H3. The first kappa shape index (κ1) is 12.5. The minimum Gasteiger partial charge on any atom is -0.508 e. The molecule has 4 heteroatoms. The highest BCUT2D eigenvalue weighted by atomic mass is 16.5. The van der Waals surface area contributed by atoms with Gasteiger partial charge in [-0.2, -0.15) is 0 Å². The number of aromatic hydroxyl groups is 2. The van der Waals surface area contributed by atoms with Crippen molar-refractivity contribution >= 4 is 5.78 Å². The molecule has 0 aliphatic rings. The third-order valence-corrected chi connectivity index (χ3v) is 2.16. The first-order valence-electron chi connectivity index (χ1n) is 5.28. The number of ether oxygens (including phenoxy) is 1. The summed E-state index contributed by atoms with van der Waals surface area (Å²) in [5.74, 6) is -0.513. The Morgan fingerprint density at radius 2 is 2.12 bits per heavy atom. The number of phenols is 2. The van der Waals surface area contributed by atoms with Crippen LogP contribution in [-0.2, 0) is 4.74 Å². The summed E-state index contributed by atoms with van der Waals surface area (Å²) < 4.78 is 5.14. The molecule has 0 saturated carbocycles. The normalized spacial score (nSPS) is 10.3. The lowest BCUT2D eigenvalue weighted by Gasteiger charge is -2.05. The largest absolute Gasteiger partial charge is 0.508 e. The molecular weight excluding hydrogens is 208 g/mol. The maximum atomic E-state index is 11.6. The van der Waals surface area contributed by atoms with Gasteiger partial charge in [0, 0.05) is 6.61 Å². The molecule has 0 fully saturated rings. The summed E-state index contributed by atoms with van der Waals surface area (Å²) in [5.41, 5.74) is 0.0940. The van der Waals surface area contributed by atoms with E-state index in [0.29, 0.717) is 6.61 Å². The van der Waals surface area contributed by atoms with Gasteiger partial charge < -0.3 is 14.9 Å². The van der Waals surface area contributed by atoms with Crippen molar-refractivity contribution < 1.29 is 19.7 Å². The quantitative estimate of drug-likeness (QED) is 0.441. The van der Waals surface area contributed by atoms with Gasteiger partial charge in [-0.05, 0) is 24.6 Å². The zero-order valence-electron chi connectivity index (χ0n) is 9.27. The summed E-state index contributed by atoms with van der Waals surface area (Å²) in [6.07, 6.45) is 1.91. The van der Waals surface area contributed by atoms with E-state index in [1.807, 2.05) is 6.92 Å². The van der Waals surface area contributed by atoms with Crippen molar-refractivity contribution in [1.82, 2.24) is 0 Å². The zero-order valence-corrected chi connectivity index (χ0v) is 9.27. The summed E-state index contributed by atoms with van der Waals surface area (Å²) in [7, 11) is 0. The predicted molar refractivity (Wildman–Crippen MR) is 59.8 cm³/mol. The topological polar surface area (TPSA) is 66.8 Å². The highest BCUT2D eigenvalue weighted by molar-refractivity contribution is 5.99. The fraction of sp³-hybridized carbons (Fsp3) is 0.417. The monoisotopic (exact) mass is 224 g/mol. The van der Waals surface area contributed by atoms with Gasteiger partial charge in [-0.1, -0.05) is 13.3 Å². The van der Waals surface area contributed by atoms with Crippen molar-refractivity contribution in [2.75, 3.05) is 13.2 Å². The second-order valence-electron chi connectivity index (χ2n) is 3.53. The number of Topliss-reactive ketones (excluding diaryl/α,β-unsaturated/α-hetero) is 1. The van der Waals surface area contributed by atoms with E-state index >= 15 is 0 Å². The first-order chi connectivity index (χ1) is 7.65. The van der Waals surface area contributed by atoms with Crippen LogP contribution in [0.2, 0.25) is 0 Å². The molecule has 16 heavy (non-hydrogen) atoms. The van der Waals surface area contributed by atoms with Crippen LogP contribution in [0.1, 0.15) is 30.1 Å². The Bertz CT molecular complexity index is 360. The molecule has 4 nitrogen and oxygen atoms in total. The van der Waals surface area contributed by atoms with Crippen LogP contribution >= 0.6 is 0 Å². The van der Waals surface area contributed by atoms with E-state index in [0.717, 1.165) is 12.8 Å². The van der Waals surface area contributed by atoms with Crippen LogP contribution in [0, 0.1) is 0 Å². The SMILES string of the molecule is CCCCOCC(=O)c1cc(O)ccc1O. The highest BCUT2D eigenvalue weighted by Crippen LogP contribution is 2.22. The van der Waals surface area contributed by atoms with Gasteiger partial charge in [-0.25, -0.2) is 0 Å². The Kier molecular flexibility index (Phi) is 4.79. The second-order valence-corrected chi connectivity index (χ2v) is 3.53. The number of carbonyl (C=O) groups is 1. The third kappa shape index (κ3) is 3.55. The van der Waals surface area contributed by atoms with Crippen molar-refractivity contribution in [3.63, 3.8) is 0 Å². The van der Waals surface area contributed by atoms with Crippen molar-refractivity contribution in [3.05, 3.63) is 23.8 Å². The van der Waals surface area contributed by atoms with E-state index in [-0.39, 0.29) is 29.5 Å². The van der Waals surface area contributed by atoms with E-state index in [9.17, 15) is 15.0 Å². The number of hydrogen-bond donors (Lipinski definition) is 2. The smallest absolute Gasteiger partial charge is 0.192 e. The van der Waals surface area contributed by atoms with Crippen molar-refractivity contribution in [3.8, 4) is 11.5 Å². The van der Waals surface area contributed by atoms with E-state index in [1.165, 1.54) is 18.2 Å². The molecule has 0 radical (unpaired) electrons. The molecule has 1 aromatic carbocycles. The summed E-state index contributed by atoms with van der Waals surface area (Å²) in [5, 5.41) is 18.6. The average molecular weight is 224 g/mol. The van der Waals surface area contributed by atoms with Gasteiger partial charge in [0.25, 0.3) is 0 Å². The van der Waals surface area contributed by atoms with Gasteiger partial charge in [-0.3, -0.25) is 4.79 Å². The molecule has 1 aromatic rings. The Labute approximate surface area is 94.5 Å². The number of benzene rings is 1. The Hall–Kier alpha value is -1.55. The number of rotatable bonds is 6. The second kappa shape index (κ2) is 6.12. The molecular formula is C12H16O4. The minimum absolute atomic E-state index is 0.0466. The minimum atomic E-state index is -0.329. The predicted octanol–water partition coefficient (Wildman–Crippen LogP) is 2.10. The lowest BCUT2D eigenvalue weighted by Crippen LogP contribution is -2.10. The lowest BCUT2D eigenvalue weighted by molar-refractivity contribution is 0.0752. The maximum Gasteiger partial charge on any atom is 0.192 e. The third-order valence-electron chi connectivity index (χ3n) is 2.16. The number of carbonyl (C=O) groups excluding carboxylic acids is 1. The van der Waals surface area contributed by atoms with Crippen LogP contribution in [0.25, 0.3) is 0 Å².